The van der Waals surface area contributed by atoms with Gasteiger partial charge in [0.05, 0.1) is 19.8 Å². The van der Waals surface area contributed by atoms with E-state index in [2.05, 4.69) is 16.0 Å². The zero-order valence-electron chi connectivity index (χ0n) is 13.7. The number of nitrogens with zero attached hydrogens (tertiary/aromatic N) is 1. The highest BCUT2D eigenvalue weighted by Gasteiger charge is 2.20. The van der Waals surface area contributed by atoms with Gasteiger partial charge in [-0.15, -0.1) is 24.8 Å². The molecule has 0 aromatic heterocycles. The summed E-state index contributed by atoms with van der Waals surface area (Å²) >= 11 is 0. The van der Waals surface area contributed by atoms with Crippen molar-refractivity contribution < 1.29 is 14.3 Å². The summed E-state index contributed by atoms with van der Waals surface area (Å²) < 4.78 is 5.26. The van der Waals surface area contributed by atoms with Crippen molar-refractivity contribution in [1.29, 1.82) is 0 Å². The van der Waals surface area contributed by atoms with E-state index in [1.807, 2.05) is 14.1 Å². The molecule has 7 nitrogen and oxygen atoms in total. The van der Waals surface area contributed by atoms with Gasteiger partial charge in [0.2, 0.25) is 11.8 Å². The second-order valence-electron chi connectivity index (χ2n) is 5.43. The van der Waals surface area contributed by atoms with Gasteiger partial charge >= 0.3 is 0 Å². The number of likely N-dealkylation sites (N-methyl/N-ethyl adjacent to an activating group) is 1. The third-order valence-corrected chi connectivity index (χ3v) is 3.13. The van der Waals surface area contributed by atoms with Crippen molar-refractivity contribution in [1.82, 2.24) is 10.2 Å². The second kappa shape index (κ2) is 11.2. The van der Waals surface area contributed by atoms with Crippen molar-refractivity contribution in [3.8, 4) is 0 Å². The third-order valence-electron chi connectivity index (χ3n) is 3.13. The number of anilines is 2. The first-order chi connectivity index (χ1) is 10.5. The highest BCUT2D eigenvalue weighted by molar-refractivity contribution is 5.96. The molecule has 24 heavy (non-hydrogen) atoms. The van der Waals surface area contributed by atoms with E-state index < -0.39 is 0 Å². The molecule has 9 heteroatoms. The van der Waals surface area contributed by atoms with Crippen molar-refractivity contribution in [2.45, 2.75) is 6.04 Å². The van der Waals surface area contributed by atoms with Crippen molar-refractivity contribution in [2.24, 2.45) is 0 Å². The summed E-state index contributed by atoms with van der Waals surface area (Å²) in [5.74, 6) is -0.200. The van der Waals surface area contributed by atoms with Gasteiger partial charge in [0.15, 0.2) is 0 Å². The number of hydrogen-bond acceptors (Lipinski definition) is 5. The Balaban J connectivity index is 0.00000264. The first kappa shape index (κ1) is 22.6. The van der Waals surface area contributed by atoms with Crippen LogP contribution in [0.1, 0.15) is 0 Å². The highest BCUT2D eigenvalue weighted by Crippen LogP contribution is 2.14. The molecule has 1 unspecified atom stereocenters. The normalized spacial score (nSPS) is 16.5. The average molecular weight is 379 g/mol. The van der Waals surface area contributed by atoms with Crippen LogP contribution >= 0.6 is 24.8 Å². The summed E-state index contributed by atoms with van der Waals surface area (Å²) in [6, 6.07) is 6.70. The van der Waals surface area contributed by atoms with Crippen LogP contribution in [0.4, 0.5) is 11.4 Å². The molecular weight excluding hydrogens is 355 g/mol. The van der Waals surface area contributed by atoms with Crippen molar-refractivity contribution in [3.05, 3.63) is 24.3 Å². The van der Waals surface area contributed by atoms with Crippen molar-refractivity contribution >= 4 is 48.0 Å². The van der Waals surface area contributed by atoms with Crippen LogP contribution in [0.3, 0.4) is 0 Å². The lowest BCUT2D eigenvalue weighted by Gasteiger charge is -2.22. The minimum absolute atomic E-state index is 0. The van der Waals surface area contributed by atoms with E-state index in [1.165, 1.54) is 0 Å². The number of morpholine rings is 1. The predicted octanol–water partition coefficient (Wildman–Crippen LogP) is 0.957. The lowest BCUT2D eigenvalue weighted by Crippen LogP contribution is -2.48. The van der Waals surface area contributed by atoms with Crippen LogP contribution < -0.4 is 16.0 Å². The Labute approximate surface area is 154 Å². The number of ether oxygens (including phenoxy) is 1. The van der Waals surface area contributed by atoms with E-state index in [0.717, 1.165) is 0 Å². The molecule has 3 N–H and O–H groups in total. The highest BCUT2D eigenvalue weighted by atomic mass is 35.5. The minimum Gasteiger partial charge on any atom is -0.378 e. The van der Waals surface area contributed by atoms with Crippen LogP contribution in [0, 0.1) is 0 Å². The van der Waals surface area contributed by atoms with E-state index in [0.29, 0.717) is 37.7 Å². The number of halogens is 2. The van der Waals surface area contributed by atoms with Crippen LogP contribution in [-0.4, -0.2) is 63.2 Å². The molecule has 0 saturated carbocycles. The molecule has 1 atom stereocenters. The molecule has 1 heterocycles. The van der Waals surface area contributed by atoms with Crippen LogP contribution in [-0.2, 0) is 14.3 Å². The summed E-state index contributed by atoms with van der Waals surface area (Å²) in [5.41, 5.74) is 1.38. The maximum absolute atomic E-state index is 12.0. The Morgan fingerprint density at radius 2 is 1.75 bits per heavy atom. The van der Waals surface area contributed by atoms with Gasteiger partial charge in [-0.05, 0) is 38.4 Å². The molecule has 1 aliphatic rings. The Kier molecular flexibility index (Phi) is 10.6. The molecule has 1 aromatic rings. The number of hydrogen-bond donors (Lipinski definition) is 3. The predicted molar refractivity (Wildman–Crippen MR) is 99.4 cm³/mol. The molecule has 1 fully saturated rings. The van der Waals surface area contributed by atoms with Gasteiger partial charge in [-0.2, -0.15) is 0 Å². The van der Waals surface area contributed by atoms with E-state index in [9.17, 15) is 9.59 Å². The summed E-state index contributed by atoms with van der Waals surface area (Å²) in [4.78, 5) is 25.5. The van der Waals surface area contributed by atoms with Crippen molar-refractivity contribution in [3.63, 3.8) is 0 Å². The quantitative estimate of drug-likeness (QED) is 0.710. The smallest absolute Gasteiger partial charge is 0.243 e. The van der Waals surface area contributed by atoms with E-state index in [-0.39, 0.29) is 42.7 Å². The molecule has 136 valence electrons. The zero-order chi connectivity index (χ0) is 15.9. The number of rotatable bonds is 5. The van der Waals surface area contributed by atoms with Gasteiger partial charge in [-0.1, -0.05) is 0 Å². The van der Waals surface area contributed by atoms with Gasteiger partial charge in [-0.25, -0.2) is 0 Å². The van der Waals surface area contributed by atoms with Gasteiger partial charge < -0.3 is 25.6 Å². The maximum atomic E-state index is 12.0. The molecule has 2 rings (SSSR count). The van der Waals surface area contributed by atoms with Gasteiger partial charge in [0.1, 0.15) is 6.04 Å². The van der Waals surface area contributed by atoms with Gasteiger partial charge in [-0.3, -0.25) is 9.59 Å². The summed E-state index contributed by atoms with van der Waals surface area (Å²) in [6.45, 7) is 2.01. The second-order valence-corrected chi connectivity index (χ2v) is 5.43. The third kappa shape index (κ3) is 7.46. The summed E-state index contributed by atoms with van der Waals surface area (Å²) in [6.07, 6.45) is 0. The van der Waals surface area contributed by atoms with Gasteiger partial charge in [0.25, 0.3) is 0 Å². The number of benzene rings is 1. The number of carbonyl (C=O) groups is 2. The molecule has 1 aliphatic heterocycles. The Bertz CT molecular complexity index is 520. The molecule has 0 bridgehead atoms. The van der Waals surface area contributed by atoms with E-state index in [1.54, 1.807) is 29.2 Å². The Hall–Kier alpha value is -1.38. The molecule has 1 saturated heterocycles. The average Bonchev–Trinajstić information content (AvgIpc) is 2.49. The number of nitrogens with one attached hydrogen (secondary N) is 3. The SMILES string of the molecule is CN(C)CC(=O)Nc1ccc(NC(=O)C2COCCN2)cc1.Cl.Cl. The maximum Gasteiger partial charge on any atom is 0.243 e. The molecule has 0 spiro atoms. The Morgan fingerprint density at radius 1 is 1.17 bits per heavy atom. The van der Waals surface area contributed by atoms with E-state index >= 15 is 0 Å². The van der Waals surface area contributed by atoms with Crippen LogP contribution in [0.5, 0.6) is 0 Å². The Morgan fingerprint density at radius 3 is 2.25 bits per heavy atom. The molecule has 1 aromatic carbocycles. The van der Waals surface area contributed by atoms with E-state index in [4.69, 9.17) is 4.74 Å². The van der Waals surface area contributed by atoms with Crippen LogP contribution in [0.2, 0.25) is 0 Å². The zero-order valence-corrected chi connectivity index (χ0v) is 15.3. The molecule has 2 amide bonds. The fourth-order valence-corrected chi connectivity index (χ4v) is 2.09. The van der Waals surface area contributed by atoms with Crippen molar-refractivity contribution in [2.75, 3.05) is 51.0 Å². The fraction of sp³-hybridized carbons (Fsp3) is 0.467. The van der Waals surface area contributed by atoms with Crippen LogP contribution in [0.15, 0.2) is 24.3 Å². The monoisotopic (exact) mass is 378 g/mol. The lowest BCUT2D eigenvalue weighted by atomic mass is 10.2. The standard InChI is InChI=1S/C15H22N4O3.2ClH/c1-19(2)9-14(20)17-11-3-5-12(6-4-11)18-15(21)13-10-22-8-7-16-13;;/h3-6,13,16H,7-10H2,1-2H3,(H,17,20)(H,18,21);2*1H. The molecule has 0 aliphatic carbocycles. The molecule has 0 radical (unpaired) electrons. The first-order valence-corrected chi connectivity index (χ1v) is 7.21. The van der Waals surface area contributed by atoms with Gasteiger partial charge in [0, 0.05) is 17.9 Å². The summed E-state index contributed by atoms with van der Waals surface area (Å²) in [5, 5.41) is 8.71. The molecular formula is C15H24Cl2N4O3. The fourth-order valence-electron chi connectivity index (χ4n) is 2.09. The minimum atomic E-state index is -0.326. The number of carbonyl (C=O) groups excluding carboxylic acids is 2. The van der Waals surface area contributed by atoms with Crippen LogP contribution in [0.25, 0.3) is 0 Å². The lowest BCUT2D eigenvalue weighted by molar-refractivity contribution is -0.121. The first-order valence-electron chi connectivity index (χ1n) is 7.21. The largest absolute Gasteiger partial charge is 0.378 e. The number of amides is 2. The topological polar surface area (TPSA) is 82.7 Å². The summed E-state index contributed by atoms with van der Waals surface area (Å²) in [7, 11) is 3.67.